The Morgan fingerprint density at radius 3 is 2.55 bits per heavy atom. The van der Waals surface area contributed by atoms with E-state index in [1.54, 1.807) is 6.21 Å². The molecule has 1 aliphatic rings. The van der Waals surface area contributed by atoms with E-state index in [1.807, 2.05) is 30.3 Å². The molecule has 0 amide bonds. The van der Waals surface area contributed by atoms with Crippen molar-refractivity contribution >= 4 is 40.0 Å². The number of nitrogens with one attached hydrogen (secondary N) is 1. The molecule has 162 valence electrons. The van der Waals surface area contributed by atoms with Crippen LogP contribution in [0.2, 0.25) is 5.02 Å². The Kier molecular flexibility index (Phi) is 6.45. The van der Waals surface area contributed by atoms with Crippen molar-refractivity contribution in [2.75, 3.05) is 36.6 Å². The van der Waals surface area contributed by atoms with E-state index in [0.717, 1.165) is 46.5 Å². The first-order chi connectivity index (χ1) is 14.9. The van der Waals surface area contributed by atoms with E-state index in [0.29, 0.717) is 13.2 Å². The number of morpholine rings is 1. The van der Waals surface area contributed by atoms with Crippen molar-refractivity contribution in [2.45, 2.75) is 6.18 Å². The average Bonchev–Trinajstić information content (AvgIpc) is 3.19. The second-order valence-corrected chi connectivity index (χ2v) is 8.15. The molecule has 1 N–H and O–H groups in total. The minimum atomic E-state index is -4.45. The van der Waals surface area contributed by atoms with Crippen LogP contribution in [0.5, 0.6) is 0 Å². The van der Waals surface area contributed by atoms with Gasteiger partial charge in [-0.2, -0.15) is 18.3 Å². The first-order valence-corrected chi connectivity index (χ1v) is 10.7. The lowest BCUT2D eigenvalue weighted by Crippen LogP contribution is -2.36. The number of hydrogen-bond acceptors (Lipinski definition) is 6. The van der Waals surface area contributed by atoms with Crippen LogP contribution < -0.4 is 10.3 Å². The molecule has 0 bridgehead atoms. The summed E-state index contributed by atoms with van der Waals surface area (Å²) in [6.45, 7) is 2.82. The van der Waals surface area contributed by atoms with Crippen LogP contribution >= 0.6 is 22.9 Å². The van der Waals surface area contributed by atoms with Gasteiger partial charge in [-0.1, -0.05) is 53.3 Å². The van der Waals surface area contributed by atoms with Crippen LogP contribution in [0.1, 0.15) is 10.4 Å². The standard InChI is InChI=1S/C21H18ClF3N4OS/c22-16-12-15(21(23,24)25)6-7-17(16)28-26-13-18-19(14-4-2-1-3-5-14)27-20(31-18)29-8-10-30-11-9-29/h1-7,12-13,28H,8-11H2/b26-13+. The molecule has 0 saturated carbocycles. The highest BCUT2D eigenvalue weighted by atomic mass is 35.5. The molecule has 0 aliphatic carbocycles. The smallest absolute Gasteiger partial charge is 0.378 e. The van der Waals surface area contributed by atoms with Crippen molar-refractivity contribution in [2.24, 2.45) is 5.10 Å². The lowest BCUT2D eigenvalue weighted by Gasteiger charge is -2.26. The summed E-state index contributed by atoms with van der Waals surface area (Å²) in [5.41, 5.74) is 3.94. The molecule has 5 nitrogen and oxygen atoms in total. The van der Waals surface area contributed by atoms with Gasteiger partial charge in [0.15, 0.2) is 5.13 Å². The average molecular weight is 467 g/mol. The minimum absolute atomic E-state index is 0.0615. The Balaban J connectivity index is 1.58. The second kappa shape index (κ2) is 9.25. The predicted molar refractivity (Wildman–Crippen MR) is 118 cm³/mol. The van der Waals surface area contributed by atoms with Gasteiger partial charge in [-0.25, -0.2) is 4.98 Å². The molecule has 1 fully saturated rings. The van der Waals surface area contributed by atoms with E-state index in [4.69, 9.17) is 21.3 Å². The number of rotatable bonds is 5. The van der Waals surface area contributed by atoms with Crippen LogP contribution in [-0.4, -0.2) is 37.5 Å². The number of nitrogens with zero attached hydrogens (tertiary/aromatic N) is 3. The summed E-state index contributed by atoms with van der Waals surface area (Å²) < 4.78 is 43.8. The molecule has 0 radical (unpaired) electrons. The van der Waals surface area contributed by atoms with Gasteiger partial charge in [0.05, 0.1) is 46.3 Å². The Morgan fingerprint density at radius 1 is 1.13 bits per heavy atom. The molecule has 31 heavy (non-hydrogen) atoms. The summed E-state index contributed by atoms with van der Waals surface area (Å²) in [6.07, 6.45) is -2.84. The normalized spacial score (nSPS) is 14.9. The van der Waals surface area contributed by atoms with Crippen LogP contribution in [0.15, 0.2) is 53.6 Å². The van der Waals surface area contributed by atoms with Crippen molar-refractivity contribution < 1.29 is 17.9 Å². The zero-order valence-electron chi connectivity index (χ0n) is 16.2. The largest absolute Gasteiger partial charge is 0.416 e. The van der Waals surface area contributed by atoms with E-state index >= 15 is 0 Å². The molecule has 2 aromatic carbocycles. The molecule has 0 unspecified atom stereocenters. The van der Waals surface area contributed by atoms with Crippen LogP contribution in [0.25, 0.3) is 11.3 Å². The number of alkyl halides is 3. The van der Waals surface area contributed by atoms with E-state index in [2.05, 4.69) is 15.4 Å². The first-order valence-electron chi connectivity index (χ1n) is 9.46. The van der Waals surface area contributed by atoms with Gasteiger partial charge < -0.3 is 9.64 Å². The zero-order chi connectivity index (χ0) is 21.8. The number of thiazole rings is 1. The molecular weight excluding hydrogens is 449 g/mol. The number of hydrogen-bond donors (Lipinski definition) is 1. The van der Waals surface area contributed by atoms with Gasteiger partial charge in [0.1, 0.15) is 0 Å². The van der Waals surface area contributed by atoms with E-state index in [-0.39, 0.29) is 10.7 Å². The van der Waals surface area contributed by atoms with Gasteiger partial charge in [-0.05, 0) is 18.2 Å². The van der Waals surface area contributed by atoms with E-state index < -0.39 is 11.7 Å². The van der Waals surface area contributed by atoms with Crippen LogP contribution in [0, 0.1) is 0 Å². The predicted octanol–water partition coefficient (Wildman–Crippen LogP) is 5.76. The Labute approximate surface area is 186 Å². The van der Waals surface area contributed by atoms with Gasteiger partial charge in [0.2, 0.25) is 0 Å². The third-order valence-electron chi connectivity index (χ3n) is 4.63. The SMILES string of the molecule is FC(F)(F)c1ccc(N/N=C/c2sc(N3CCOCC3)nc2-c2ccccc2)c(Cl)c1. The zero-order valence-corrected chi connectivity index (χ0v) is 17.8. The summed E-state index contributed by atoms with van der Waals surface area (Å²) in [4.78, 5) is 7.79. The second-order valence-electron chi connectivity index (χ2n) is 6.74. The molecule has 3 aromatic rings. The van der Waals surface area contributed by atoms with Crippen molar-refractivity contribution in [3.8, 4) is 11.3 Å². The van der Waals surface area contributed by atoms with Crippen molar-refractivity contribution in [3.63, 3.8) is 0 Å². The molecule has 10 heteroatoms. The third kappa shape index (κ3) is 5.17. The minimum Gasteiger partial charge on any atom is -0.378 e. The Hall–Kier alpha value is -2.62. The van der Waals surface area contributed by atoms with Gasteiger partial charge in [0.25, 0.3) is 0 Å². The maximum absolute atomic E-state index is 12.8. The van der Waals surface area contributed by atoms with Gasteiger partial charge >= 0.3 is 6.18 Å². The van der Waals surface area contributed by atoms with Crippen molar-refractivity contribution in [1.82, 2.24) is 4.98 Å². The fraction of sp³-hybridized carbons (Fsp3) is 0.238. The molecule has 4 rings (SSSR count). The molecule has 0 atom stereocenters. The maximum Gasteiger partial charge on any atom is 0.416 e. The number of ether oxygens (including phenoxy) is 1. The first kappa shape index (κ1) is 21.6. The molecular formula is C21H18ClF3N4OS. The van der Waals surface area contributed by atoms with Gasteiger partial charge in [-0.15, -0.1) is 0 Å². The molecule has 0 spiro atoms. The molecule has 1 aliphatic heterocycles. The van der Waals surface area contributed by atoms with Crippen molar-refractivity contribution in [3.05, 3.63) is 64.0 Å². The highest BCUT2D eigenvalue weighted by Gasteiger charge is 2.30. The quantitative estimate of drug-likeness (QED) is 0.383. The Bertz CT molecular complexity index is 1070. The van der Waals surface area contributed by atoms with Crippen LogP contribution in [-0.2, 0) is 10.9 Å². The fourth-order valence-corrected chi connectivity index (χ4v) is 4.28. The number of aromatic nitrogens is 1. The highest BCUT2D eigenvalue weighted by molar-refractivity contribution is 7.17. The topological polar surface area (TPSA) is 49.8 Å². The van der Waals surface area contributed by atoms with E-state index in [1.165, 1.54) is 17.4 Å². The van der Waals surface area contributed by atoms with Crippen molar-refractivity contribution in [1.29, 1.82) is 0 Å². The van der Waals surface area contributed by atoms with E-state index in [9.17, 15) is 13.2 Å². The molecule has 1 saturated heterocycles. The monoisotopic (exact) mass is 466 g/mol. The summed E-state index contributed by atoms with van der Waals surface area (Å²) in [7, 11) is 0. The number of hydrazone groups is 1. The number of anilines is 2. The summed E-state index contributed by atoms with van der Waals surface area (Å²) in [6, 6.07) is 12.8. The van der Waals surface area contributed by atoms with Crippen LogP contribution in [0.3, 0.4) is 0 Å². The highest BCUT2D eigenvalue weighted by Crippen LogP contribution is 2.34. The number of halogens is 4. The number of benzene rings is 2. The van der Waals surface area contributed by atoms with Gasteiger partial charge in [0, 0.05) is 18.7 Å². The Morgan fingerprint density at radius 2 is 1.87 bits per heavy atom. The van der Waals surface area contributed by atoms with Crippen LogP contribution in [0.4, 0.5) is 24.0 Å². The van der Waals surface area contributed by atoms with Gasteiger partial charge in [-0.3, -0.25) is 5.43 Å². The lowest BCUT2D eigenvalue weighted by molar-refractivity contribution is -0.137. The molecule has 1 aromatic heterocycles. The summed E-state index contributed by atoms with van der Waals surface area (Å²) in [5.74, 6) is 0. The summed E-state index contributed by atoms with van der Waals surface area (Å²) >= 11 is 7.48. The maximum atomic E-state index is 12.8. The third-order valence-corrected chi connectivity index (χ3v) is 6.00. The fourth-order valence-electron chi connectivity index (χ4n) is 3.04. The molecule has 2 heterocycles. The lowest BCUT2D eigenvalue weighted by atomic mass is 10.1. The summed E-state index contributed by atoms with van der Waals surface area (Å²) in [5, 5.41) is 5.01.